The molecule has 0 atom stereocenters. The van der Waals surface area contributed by atoms with Crippen molar-refractivity contribution in [3.63, 3.8) is 0 Å². The number of nitrogens with one attached hydrogen (secondary N) is 1. The molecule has 0 aromatic heterocycles. The first-order chi connectivity index (χ1) is 8.56. The Hall–Kier alpha value is -0.870. The second-order valence-corrected chi connectivity index (χ2v) is 5.47. The van der Waals surface area contributed by atoms with Gasteiger partial charge < -0.3 is 10.4 Å². The van der Waals surface area contributed by atoms with E-state index in [-0.39, 0.29) is 17.9 Å². The Morgan fingerprint density at radius 2 is 1.83 bits per heavy atom. The topological polar surface area (TPSA) is 49.3 Å². The first-order valence-electron chi connectivity index (χ1n) is 6.21. The molecule has 0 heterocycles. The SMILES string of the molecule is CCC(CC)(CO)CNC(=O)c1ccc(Br)cc1. The lowest BCUT2D eigenvalue weighted by atomic mass is 9.83. The van der Waals surface area contributed by atoms with Crippen LogP contribution in [0.15, 0.2) is 28.7 Å². The Morgan fingerprint density at radius 3 is 2.28 bits per heavy atom. The van der Waals surface area contributed by atoms with Gasteiger partial charge in [0.25, 0.3) is 5.91 Å². The van der Waals surface area contributed by atoms with Crippen LogP contribution in [0.1, 0.15) is 37.0 Å². The largest absolute Gasteiger partial charge is 0.396 e. The van der Waals surface area contributed by atoms with Gasteiger partial charge in [0.05, 0.1) is 6.61 Å². The van der Waals surface area contributed by atoms with Crippen LogP contribution in [-0.2, 0) is 0 Å². The highest BCUT2D eigenvalue weighted by molar-refractivity contribution is 9.10. The normalized spacial score (nSPS) is 11.3. The molecule has 1 rings (SSSR count). The number of carbonyl (C=O) groups excluding carboxylic acids is 1. The number of hydrogen-bond donors (Lipinski definition) is 2. The van der Waals surface area contributed by atoms with Crippen molar-refractivity contribution in [2.45, 2.75) is 26.7 Å². The maximum Gasteiger partial charge on any atom is 0.251 e. The van der Waals surface area contributed by atoms with Gasteiger partial charge in [-0.3, -0.25) is 4.79 Å². The summed E-state index contributed by atoms with van der Waals surface area (Å²) in [5.41, 5.74) is 0.433. The molecule has 1 aromatic carbocycles. The first kappa shape index (κ1) is 15.2. The number of carbonyl (C=O) groups is 1. The summed E-state index contributed by atoms with van der Waals surface area (Å²) in [6, 6.07) is 7.23. The zero-order chi connectivity index (χ0) is 13.6. The molecule has 3 nitrogen and oxygen atoms in total. The smallest absolute Gasteiger partial charge is 0.251 e. The van der Waals surface area contributed by atoms with Gasteiger partial charge in [0.15, 0.2) is 0 Å². The summed E-state index contributed by atoms with van der Waals surface area (Å²) >= 11 is 3.33. The van der Waals surface area contributed by atoms with Gasteiger partial charge in [0.1, 0.15) is 0 Å². The third-order valence-electron chi connectivity index (χ3n) is 3.57. The number of rotatable bonds is 6. The van der Waals surface area contributed by atoms with Crippen molar-refractivity contribution >= 4 is 21.8 Å². The van der Waals surface area contributed by atoms with Gasteiger partial charge in [-0.25, -0.2) is 0 Å². The van der Waals surface area contributed by atoms with Crippen LogP contribution in [0.5, 0.6) is 0 Å². The van der Waals surface area contributed by atoms with Crippen LogP contribution < -0.4 is 5.32 Å². The molecule has 0 radical (unpaired) electrons. The average molecular weight is 314 g/mol. The lowest BCUT2D eigenvalue weighted by molar-refractivity contribution is 0.0851. The number of amides is 1. The van der Waals surface area contributed by atoms with E-state index in [2.05, 4.69) is 21.2 Å². The number of hydrogen-bond acceptors (Lipinski definition) is 2. The quantitative estimate of drug-likeness (QED) is 0.848. The van der Waals surface area contributed by atoms with Crippen molar-refractivity contribution in [2.24, 2.45) is 5.41 Å². The Kier molecular flexibility index (Phi) is 5.82. The molecular weight excluding hydrogens is 294 g/mol. The van der Waals surface area contributed by atoms with Crippen molar-refractivity contribution in [2.75, 3.05) is 13.2 Å². The molecular formula is C14H20BrNO2. The van der Waals surface area contributed by atoms with Crippen LogP contribution in [-0.4, -0.2) is 24.2 Å². The molecule has 0 bridgehead atoms. The van der Waals surface area contributed by atoms with Crippen LogP contribution in [0.25, 0.3) is 0 Å². The fourth-order valence-corrected chi connectivity index (χ4v) is 2.01. The summed E-state index contributed by atoms with van der Waals surface area (Å²) in [5, 5.41) is 12.3. The molecule has 0 fully saturated rings. The van der Waals surface area contributed by atoms with Gasteiger partial charge in [0.2, 0.25) is 0 Å². The summed E-state index contributed by atoms with van der Waals surface area (Å²) in [6.45, 7) is 4.67. The molecule has 4 heteroatoms. The zero-order valence-corrected chi connectivity index (χ0v) is 12.5. The molecule has 0 aliphatic carbocycles. The molecule has 1 aromatic rings. The van der Waals surface area contributed by atoms with Crippen LogP contribution >= 0.6 is 15.9 Å². The van der Waals surface area contributed by atoms with E-state index in [1.54, 1.807) is 12.1 Å². The highest BCUT2D eigenvalue weighted by Crippen LogP contribution is 2.24. The van der Waals surface area contributed by atoms with E-state index in [0.29, 0.717) is 12.1 Å². The van der Waals surface area contributed by atoms with Gasteiger partial charge in [-0.2, -0.15) is 0 Å². The Morgan fingerprint density at radius 1 is 1.28 bits per heavy atom. The van der Waals surface area contributed by atoms with E-state index in [1.165, 1.54) is 0 Å². The maximum absolute atomic E-state index is 11.9. The molecule has 0 spiro atoms. The van der Waals surface area contributed by atoms with E-state index in [0.717, 1.165) is 17.3 Å². The van der Waals surface area contributed by atoms with Crippen molar-refractivity contribution in [3.8, 4) is 0 Å². The van der Waals surface area contributed by atoms with Crippen molar-refractivity contribution < 1.29 is 9.90 Å². The molecule has 2 N–H and O–H groups in total. The lowest BCUT2D eigenvalue weighted by Crippen LogP contribution is -2.39. The zero-order valence-electron chi connectivity index (χ0n) is 10.9. The third kappa shape index (κ3) is 3.82. The minimum atomic E-state index is -0.203. The average Bonchev–Trinajstić information content (AvgIpc) is 2.41. The van der Waals surface area contributed by atoms with Gasteiger partial charge in [-0.05, 0) is 37.1 Å². The summed E-state index contributed by atoms with van der Waals surface area (Å²) in [4.78, 5) is 11.9. The highest BCUT2D eigenvalue weighted by atomic mass is 79.9. The molecule has 1 amide bonds. The van der Waals surface area contributed by atoms with Crippen molar-refractivity contribution in [1.82, 2.24) is 5.32 Å². The van der Waals surface area contributed by atoms with E-state index in [1.807, 2.05) is 26.0 Å². The van der Waals surface area contributed by atoms with Gasteiger partial charge >= 0.3 is 0 Å². The predicted octanol–water partition coefficient (Wildman–Crippen LogP) is 2.98. The van der Waals surface area contributed by atoms with Gasteiger partial charge in [-0.1, -0.05) is 29.8 Å². The predicted molar refractivity (Wildman–Crippen MR) is 76.6 cm³/mol. The third-order valence-corrected chi connectivity index (χ3v) is 4.09. The summed E-state index contributed by atoms with van der Waals surface area (Å²) < 4.78 is 0.950. The van der Waals surface area contributed by atoms with Crippen molar-refractivity contribution in [1.29, 1.82) is 0 Å². The monoisotopic (exact) mass is 313 g/mol. The second-order valence-electron chi connectivity index (χ2n) is 4.55. The molecule has 0 aliphatic rings. The number of aliphatic hydroxyl groups excluding tert-OH is 1. The summed E-state index contributed by atoms with van der Waals surface area (Å²) in [6.07, 6.45) is 1.70. The maximum atomic E-state index is 11.9. The summed E-state index contributed by atoms with van der Waals surface area (Å²) in [5.74, 6) is -0.0952. The molecule has 0 unspecified atom stereocenters. The number of aliphatic hydroxyl groups is 1. The van der Waals surface area contributed by atoms with Crippen molar-refractivity contribution in [3.05, 3.63) is 34.3 Å². The fraction of sp³-hybridized carbons (Fsp3) is 0.500. The van der Waals surface area contributed by atoms with E-state index < -0.39 is 0 Å². The van der Waals surface area contributed by atoms with Gasteiger partial charge in [-0.15, -0.1) is 0 Å². The second kappa shape index (κ2) is 6.90. The van der Waals surface area contributed by atoms with E-state index in [4.69, 9.17) is 0 Å². The number of halogens is 1. The van der Waals surface area contributed by atoms with Crippen LogP contribution in [0, 0.1) is 5.41 Å². The Balaban J connectivity index is 2.63. The minimum absolute atomic E-state index is 0.0952. The van der Waals surface area contributed by atoms with Gasteiger partial charge in [0, 0.05) is 22.0 Å². The van der Waals surface area contributed by atoms with E-state index >= 15 is 0 Å². The molecule has 0 saturated heterocycles. The first-order valence-corrected chi connectivity index (χ1v) is 7.01. The Bertz CT molecular complexity index is 377. The molecule has 100 valence electrons. The standard InChI is InChI=1S/C14H20BrNO2/c1-3-14(4-2,10-17)9-16-13(18)11-5-7-12(15)8-6-11/h5-8,17H,3-4,9-10H2,1-2H3,(H,16,18). The fourth-order valence-electron chi connectivity index (χ4n) is 1.75. The molecule has 0 aliphatic heterocycles. The van der Waals surface area contributed by atoms with Crippen LogP contribution in [0.3, 0.4) is 0 Å². The highest BCUT2D eigenvalue weighted by Gasteiger charge is 2.25. The van der Waals surface area contributed by atoms with Crippen LogP contribution in [0.2, 0.25) is 0 Å². The Labute approximate surface area is 117 Å². The summed E-state index contributed by atoms with van der Waals surface area (Å²) in [7, 11) is 0. The van der Waals surface area contributed by atoms with E-state index in [9.17, 15) is 9.90 Å². The lowest BCUT2D eigenvalue weighted by Gasteiger charge is -2.29. The molecule has 0 saturated carbocycles. The molecule has 18 heavy (non-hydrogen) atoms. The number of benzene rings is 1. The van der Waals surface area contributed by atoms with Crippen LogP contribution in [0.4, 0.5) is 0 Å². The minimum Gasteiger partial charge on any atom is -0.396 e.